The van der Waals surface area contributed by atoms with Crippen LogP contribution in [-0.4, -0.2) is 28.4 Å². The van der Waals surface area contributed by atoms with E-state index < -0.39 is 0 Å². The van der Waals surface area contributed by atoms with E-state index in [2.05, 4.69) is 16.8 Å². The summed E-state index contributed by atoms with van der Waals surface area (Å²) in [6.07, 6.45) is 2.15. The lowest BCUT2D eigenvalue weighted by molar-refractivity contribution is 0.0683. The summed E-state index contributed by atoms with van der Waals surface area (Å²) in [6, 6.07) is 9.82. The fraction of sp³-hybridized carbons (Fsp3) is 0.333. The molecule has 0 aliphatic carbocycles. The van der Waals surface area contributed by atoms with Gasteiger partial charge in [0.25, 0.3) is 5.91 Å². The van der Waals surface area contributed by atoms with E-state index >= 15 is 0 Å². The molecule has 0 fully saturated rings. The lowest BCUT2D eigenvalue weighted by Crippen LogP contribution is -2.38. The average Bonchev–Trinajstić information content (AvgIpc) is 2.97. The van der Waals surface area contributed by atoms with Gasteiger partial charge in [0.05, 0.1) is 12.2 Å². The standard InChI is InChI=1S/C18H20N2O2/c1-4-14(2)20(18(21)17-15(3)19-13-22-17)12-8-11-16-9-6-5-7-10-16/h5-7,9-10,13-14H,4,12H2,1-3H3/t14-/m1/s1. The number of benzene rings is 1. The van der Waals surface area contributed by atoms with Gasteiger partial charge in [0.2, 0.25) is 5.76 Å². The van der Waals surface area contributed by atoms with Crippen LogP contribution in [0.25, 0.3) is 0 Å². The van der Waals surface area contributed by atoms with Crippen molar-refractivity contribution in [3.63, 3.8) is 0 Å². The zero-order chi connectivity index (χ0) is 15.9. The number of aromatic nitrogens is 1. The van der Waals surface area contributed by atoms with Gasteiger partial charge < -0.3 is 9.32 Å². The van der Waals surface area contributed by atoms with Gasteiger partial charge in [-0.3, -0.25) is 4.79 Å². The van der Waals surface area contributed by atoms with Crippen LogP contribution < -0.4 is 0 Å². The Morgan fingerprint density at radius 1 is 1.36 bits per heavy atom. The maximum Gasteiger partial charge on any atom is 0.292 e. The van der Waals surface area contributed by atoms with Crippen LogP contribution in [0.15, 0.2) is 41.1 Å². The Morgan fingerprint density at radius 3 is 2.68 bits per heavy atom. The number of rotatable bonds is 4. The van der Waals surface area contributed by atoms with Gasteiger partial charge in [-0.05, 0) is 32.4 Å². The van der Waals surface area contributed by atoms with E-state index in [1.165, 1.54) is 6.39 Å². The van der Waals surface area contributed by atoms with Gasteiger partial charge in [0.15, 0.2) is 6.39 Å². The molecule has 0 aliphatic heterocycles. The smallest absolute Gasteiger partial charge is 0.292 e. The van der Waals surface area contributed by atoms with Crippen LogP contribution in [0, 0.1) is 18.8 Å². The van der Waals surface area contributed by atoms with Crippen molar-refractivity contribution in [1.29, 1.82) is 0 Å². The molecule has 0 unspecified atom stereocenters. The van der Waals surface area contributed by atoms with Crippen LogP contribution in [0.4, 0.5) is 0 Å². The summed E-state index contributed by atoms with van der Waals surface area (Å²) in [5, 5.41) is 0. The second-order valence-electron chi connectivity index (χ2n) is 5.13. The highest BCUT2D eigenvalue weighted by Gasteiger charge is 2.24. The summed E-state index contributed by atoms with van der Waals surface area (Å²) >= 11 is 0. The monoisotopic (exact) mass is 296 g/mol. The van der Waals surface area contributed by atoms with Gasteiger partial charge in [-0.2, -0.15) is 0 Å². The predicted molar refractivity (Wildman–Crippen MR) is 85.3 cm³/mol. The van der Waals surface area contributed by atoms with E-state index in [1.807, 2.05) is 44.2 Å². The largest absolute Gasteiger partial charge is 0.438 e. The van der Waals surface area contributed by atoms with E-state index in [9.17, 15) is 4.79 Å². The molecule has 4 nitrogen and oxygen atoms in total. The zero-order valence-corrected chi connectivity index (χ0v) is 13.2. The molecule has 1 aromatic carbocycles. The summed E-state index contributed by atoms with van der Waals surface area (Å²) in [7, 11) is 0. The topological polar surface area (TPSA) is 46.3 Å². The van der Waals surface area contributed by atoms with E-state index in [0.29, 0.717) is 18.0 Å². The maximum absolute atomic E-state index is 12.6. The number of oxazole rings is 1. The number of nitrogens with zero attached hydrogens (tertiary/aromatic N) is 2. The number of carbonyl (C=O) groups is 1. The molecule has 4 heteroatoms. The third-order valence-corrected chi connectivity index (χ3v) is 3.58. The summed E-state index contributed by atoms with van der Waals surface area (Å²) in [4.78, 5) is 18.3. The minimum Gasteiger partial charge on any atom is -0.438 e. The lowest BCUT2D eigenvalue weighted by Gasteiger charge is -2.25. The fourth-order valence-electron chi connectivity index (χ4n) is 2.03. The second kappa shape index (κ2) is 7.46. The Balaban J connectivity index is 2.16. The molecule has 1 atom stereocenters. The fourth-order valence-corrected chi connectivity index (χ4v) is 2.03. The predicted octanol–water partition coefficient (Wildman–Crippen LogP) is 3.28. The molecule has 0 bridgehead atoms. The molecule has 0 N–H and O–H groups in total. The summed E-state index contributed by atoms with van der Waals surface area (Å²) in [6.45, 7) is 6.18. The average molecular weight is 296 g/mol. The summed E-state index contributed by atoms with van der Waals surface area (Å²) < 4.78 is 5.22. The van der Waals surface area contributed by atoms with Gasteiger partial charge in [0, 0.05) is 11.6 Å². The molecule has 2 rings (SSSR count). The van der Waals surface area contributed by atoms with Crippen molar-refractivity contribution >= 4 is 5.91 Å². The molecule has 0 saturated carbocycles. The molecule has 0 spiro atoms. The number of carbonyl (C=O) groups excluding carboxylic acids is 1. The van der Waals surface area contributed by atoms with Crippen LogP contribution >= 0.6 is 0 Å². The SMILES string of the molecule is CC[C@@H](C)N(CC#Cc1ccccc1)C(=O)c1ocnc1C. The zero-order valence-electron chi connectivity index (χ0n) is 13.2. The maximum atomic E-state index is 12.6. The van der Waals surface area contributed by atoms with Crippen LogP contribution in [0.3, 0.4) is 0 Å². The van der Waals surface area contributed by atoms with Crippen LogP contribution in [0.1, 0.15) is 42.1 Å². The molecule has 0 saturated heterocycles. The van der Waals surface area contributed by atoms with Gasteiger partial charge in [0.1, 0.15) is 0 Å². The van der Waals surface area contributed by atoms with Crippen LogP contribution in [0.5, 0.6) is 0 Å². The minimum atomic E-state index is -0.160. The Morgan fingerprint density at radius 2 is 2.09 bits per heavy atom. The lowest BCUT2D eigenvalue weighted by atomic mass is 10.2. The Hall–Kier alpha value is -2.54. The molecular formula is C18H20N2O2. The van der Waals surface area contributed by atoms with E-state index in [-0.39, 0.29) is 11.9 Å². The van der Waals surface area contributed by atoms with Crippen molar-refractivity contribution in [2.24, 2.45) is 0 Å². The molecule has 2 aromatic rings. The van der Waals surface area contributed by atoms with Crippen molar-refractivity contribution in [3.05, 3.63) is 53.7 Å². The minimum absolute atomic E-state index is 0.0853. The molecule has 1 aromatic heterocycles. The number of amides is 1. The first-order chi connectivity index (χ1) is 10.6. The first-order valence-electron chi connectivity index (χ1n) is 7.38. The number of aryl methyl sites for hydroxylation is 1. The number of hydrogen-bond acceptors (Lipinski definition) is 3. The van der Waals surface area contributed by atoms with Crippen molar-refractivity contribution in [1.82, 2.24) is 9.88 Å². The van der Waals surface area contributed by atoms with Crippen LogP contribution in [0.2, 0.25) is 0 Å². The molecular weight excluding hydrogens is 276 g/mol. The third-order valence-electron chi connectivity index (χ3n) is 3.58. The van der Waals surface area contributed by atoms with Crippen molar-refractivity contribution < 1.29 is 9.21 Å². The van der Waals surface area contributed by atoms with Gasteiger partial charge in [-0.15, -0.1) is 0 Å². The molecule has 114 valence electrons. The highest BCUT2D eigenvalue weighted by molar-refractivity contribution is 5.92. The third kappa shape index (κ3) is 3.76. The van der Waals surface area contributed by atoms with Gasteiger partial charge >= 0.3 is 0 Å². The quantitative estimate of drug-likeness (QED) is 0.813. The highest BCUT2D eigenvalue weighted by Crippen LogP contribution is 2.13. The number of hydrogen-bond donors (Lipinski definition) is 0. The Labute approximate surface area is 131 Å². The highest BCUT2D eigenvalue weighted by atomic mass is 16.3. The summed E-state index contributed by atoms with van der Waals surface area (Å²) in [5.74, 6) is 6.28. The molecule has 0 aliphatic rings. The van der Waals surface area contributed by atoms with Crippen molar-refractivity contribution in [2.75, 3.05) is 6.54 Å². The second-order valence-corrected chi connectivity index (χ2v) is 5.13. The molecule has 0 radical (unpaired) electrons. The normalized spacial score (nSPS) is 11.4. The van der Waals surface area contributed by atoms with Gasteiger partial charge in [-0.25, -0.2) is 4.98 Å². The first-order valence-corrected chi connectivity index (χ1v) is 7.38. The van der Waals surface area contributed by atoms with E-state index in [0.717, 1.165) is 12.0 Å². The first kappa shape index (κ1) is 15.8. The van der Waals surface area contributed by atoms with Crippen molar-refractivity contribution in [3.8, 4) is 11.8 Å². The molecule has 1 amide bonds. The molecule has 22 heavy (non-hydrogen) atoms. The van der Waals surface area contributed by atoms with E-state index in [4.69, 9.17) is 4.42 Å². The van der Waals surface area contributed by atoms with E-state index in [1.54, 1.807) is 11.8 Å². The van der Waals surface area contributed by atoms with Crippen molar-refractivity contribution in [2.45, 2.75) is 33.2 Å². The van der Waals surface area contributed by atoms with Crippen LogP contribution in [-0.2, 0) is 0 Å². The molecule has 1 heterocycles. The van der Waals surface area contributed by atoms with Gasteiger partial charge in [-0.1, -0.05) is 37.0 Å². The Kier molecular flexibility index (Phi) is 5.37. The summed E-state index contributed by atoms with van der Waals surface area (Å²) in [5.41, 5.74) is 1.55. The Bertz CT molecular complexity index is 680.